The highest BCUT2D eigenvalue weighted by molar-refractivity contribution is 5.31. The van der Waals surface area contributed by atoms with Gasteiger partial charge in [-0.25, -0.2) is 0 Å². The van der Waals surface area contributed by atoms with Crippen LogP contribution in [0.25, 0.3) is 0 Å². The van der Waals surface area contributed by atoms with E-state index in [1.165, 1.54) is 29.8 Å². The molecule has 0 spiro atoms. The van der Waals surface area contributed by atoms with E-state index in [1.807, 2.05) is 0 Å². The second-order valence-corrected chi connectivity index (χ2v) is 5.89. The molecule has 0 aliphatic carbocycles. The van der Waals surface area contributed by atoms with Crippen LogP contribution in [-0.4, -0.2) is 23.3 Å². The lowest BCUT2D eigenvalue weighted by Crippen LogP contribution is -2.27. The van der Waals surface area contributed by atoms with Gasteiger partial charge in [-0.15, -0.1) is 0 Å². The van der Waals surface area contributed by atoms with E-state index in [-0.39, 0.29) is 5.41 Å². The number of rotatable bonds is 1. The van der Waals surface area contributed by atoms with Crippen LogP contribution in [0, 0.1) is 6.92 Å². The first-order valence-corrected chi connectivity index (χ1v) is 6.26. The normalized spacial score (nSPS) is 19.0. The van der Waals surface area contributed by atoms with E-state index in [0.29, 0.717) is 5.92 Å². The van der Waals surface area contributed by atoms with Crippen molar-refractivity contribution in [3.8, 4) is 0 Å². The Hall–Kier alpha value is -0.830. The first kappa shape index (κ1) is 11.6. The number of H-pyrrole nitrogens is 1. The van der Waals surface area contributed by atoms with Crippen LogP contribution >= 0.6 is 0 Å². The molecule has 1 fully saturated rings. The van der Waals surface area contributed by atoms with Gasteiger partial charge < -0.3 is 5.32 Å². The number of aromatic nitrogens is 2. The third kappa shape index (κ3) is 2.14. The number of nitrogens with one attached hydrogen (secondary N) is 2. The van der Waals surface area contributed by atoms with Crippen molar-refractivity contribution in [1.82, 2.24) is 15.5 Å². The molecule has 3 heteroatoms. The average molecular weight is 221 g/mol. The summed E-state index contributed by atoms with van der Waals surface area (Å²) in [5.41, 5.74) is 4.11. The first-order valence-electron chi connectivity index (χ1n) is 6.26. The summed E-state index contributed by atoms with van der Waals surface area (Å²) >= 11 is 0. The van der Waals surface area contributed by atoms with Crippen LogP contribution in [0.2, 0.25) is 0 Å². The molecular weight excluding hydrogens is 198 g/mol. The van der Waals surface area contributed by atoms with Crippen LogP contribution in [0.15, 0.2) is 0 Å². The zero-order chi connectivity index (χ0) is 11.8. The van der Waals surface area contributed by atoms with E-state index >= 15 is 0 Å². The maximum absolute atomic E-state index is 4.52. The fourth-order valence-corrected chi connectivity index (χ4v) is 2.65. The van der Waals surface area contributed by atoms with Gasteiger partial charge >= 0.3 is 0 Å². The highest BCUT2D eigenvalue weighted by Crippen LogP contribution is 2.31. The lowest BCUT2D eigenvalue weighted by Gasteiger charge is -2.23. The number of hydrogen-bond acceptors (Lipinski definition) is 2. The van der Waals surface area contributed by atoms with Gasteiger partial charge in [0, 0.05) is 17.0 Å². The Morgan fingerprint density at radius 3 is 2.31 bits per heavy atom. The maximum atomic E-state index is 4.52. The molecule has 2 heterocycles. The standard InChI is InChI=1S/C13H23N3/c1-9-11(10-5-7-14-8-6-10)15-16-12(9)13(2,3)4/h10,14H,5-8H2,1-4H3,(H,15,16). The van der Waals surface area contributed by atoms with E-state index in [0.717, 1.165) is 13.1 Å². The molecule has 0 atom stereocenters. The van der Waals surface area contributed by atoms with Gasteiger partial charge in [-0.3, -0.25) is 5.10 Å². The van der Waals surface area contributed by atoms with E-state index in [9.17, 15) is 0 Å². The van der Waals surface area contributed by atoms with Crippen molar-refractivity contribution >= 4 is 0 Å². The smallest absolute Gasteiger partial charge is 0.0707 e. The van der Waals surface area contributed by atoms with Crippen LogP contribution in [0.4, 0.5) is 0 Å². The topological polar surface area (TPSA) is 40.7 Å². The van der Waals surface area contributed by atoms with Crippen molar-refractivity contribution in [3.05, 3.63) is 17.0 Å². The van der Waals surface area contributed by atoms with Crippen LogP contribution in [-0.2, 0) is 5.41 Å². The molecule has 0 radical (unpaired) electrons. The molecule has 0 unspecified atom stereocenters. The summed E-state index contributed by atoms with van der Waals surface area (Å²) in [6.07, 6.45) is 2.46. The summed E-state index contributed by atoms with van der Waals surface area (Å²) in [7, 11) is 0. The monoisotopic (exact) mass is 221 g/mol. The molecule has 1 saturated heterocycles. The summed E-state index contributed by atoms with van der Waals surface area (Å²) in [6, 6.07) is 0. The van der Waals surface area contributed by atoms with Crippen molar-refractivity contribution in [2.45, 2.75) is 51.9 Å². The molecule has 90 valence electrons. The molecule has 0 saturated carbocycles. The summed E-state index contributed by atoms with van der Waals surface area (Å²) < 4.78 is 0. The van der Waals surface area contributed by atoms with Crippen LogP contribution in [0.1, 0.15) is 56.5 Å². The Labute approximate surface area is 98.0 Å². The molecule has 3 nitrogen and oxygen atoms in total. The minimum atomic E-state index is 0.145. The van der Waals surface area contributed by atoms with Crippen LogP contribution in [0.5, 0.6) is 0 Å². The van der Waals surface area contributed by atoms with Crippen molar-refractivity contribution in [2.24, 2.45) is 0 Å². The van der Waals surface area contributed by atoms with Crippen LogP contribution < -0.4 is 5.32 Å². The van der Waals surface area contributed by atoms with E-state index in [1.54, 1.807) is 0 Å². The van der Waals surface area contributed by atoms with Gasteiger partial charge in [-0.1, -0.05) is 20.8 Å². The van der Waals surface area contributed by atoms with Gasteiger partial charge in [0.15, 0.2) is 0 Å². The first-order chi connectivity index (χ1) is 7.50. The summed E-state index contributed by atoms with van der Waals surface area (Å²) in [5, 5.41) is 11.2. The van der Waals surface area contributed by atoms with Gasteiger partial charge in [0.2, 0.25) is 0 Å². The Morgan fingerprint density at radius 1 is 1.19 bits per heavy atom. The number of aromatic amines is 1. The van der Waals surface area contributed by atoms with Crippen molar-refractivity contribution in [1.29, 1.82) is 0 Å². The quantitative estimate of drug-likeness (QED) is 0.765. The lowest BCUT2D eigenvalue weighted by molar-refractivity contribution is 0.451. The minimum absolute atomic E-state index is 0.145. The fourth-order valence-electron chi connectivity index (χ4n) is 2.65. The Kier molecular flexibility index (Phi) is 3.06. The van der Waals surface area contributed by atoms with Crippen molar-refractivity contribution in [2.75, 3.05) is 13.1 Å². The molecule has 0 amide bonds. The Balaban J connectivity index is 2.25. The summed E-state index contributed by atoms with van der Waals surface area (Å²) in [4.78, 5) is 0. The third-order valence-electron chi connectivity index (χ3n) is 3.51. The molecule has 1 aliphatic heterocycles. The zero-order valence-corrected chi connectivity index (χ0v) is 10.9. The second-order valence-electron chi connectivity index (χ2n) is 5.89. The summed E-state index contributed by atoms with van der Waals surface area (Å²) in [6.45, 7) is 11.1. The van der Waals surface area contributed by atoms with Gasteiger partial charge in [-0.05, 0) is 38.4 Å². The molecule has 0 aromatic carbocycles. The van der Waals surface area contributed by atoms with Crippen molar-refractivity contribution < 1.29 is 0 Å². The predicted octanol–water partition coefficient (Wildman–Crippen LogP) is 2.48. The number of nitrogens with zero attached hydrogens (tertiary/aromatic N) is 1. The average Bonchev–Trinajstić information content (AvgIpc) is 2.61. The lowest BCUT2D eigenvalue weighted by atomic mass is 9.86. The Morgan fingerprint density at radius 2 is 1.81 bits per heavy atom. The number of hydrogen-bond donors (Lipinski definition) is 2. The van der Waals surface area contributed by atoms with E-state index in [2.05, 4.69) is 43.2 Å². The van der Waals surface area contributed by atoms with E-state index in [4.69, 9.17) is 0 Å². The molecule has 1 aromatic heterocycles. The second kappa shape index (κ2) is 4.21. The molecule has 2 rings (SSSR count). The highest BCUT2D eigenvalue weighted by atomic mass is 15.1. The SMILES string of the molecule is Cc1c(C(C)(C)C)n[nH]c1C1CCNCC1. The number of piperidine rings is 1. The predicted molar refractivity (Wildman–Crippen MR) is 66.9 cm³/mol. The highest BCUT2D eigenvalue weighted by Gasteiger charge is 2.25. The molecule has 16 heavy (non-hydrogen) atoms. The van der Waals surface area contributed by atoms with Crippen molar-refractivity contribution in [3.63, 3.8) is 0 Å². The van der Waals surface area contributed by atoms with Gasteiger partial charge in [0.05, 0.1) is 5.69 Å². The molecule has 1 aromatic rings. The zero-order valence-electron chi connectivity index (χ0n) is 10.9. The third-order valence-corrected chi connectivity index (χ3v) is 3.51. The van der Waals surface area contributed by atoms with Gasteiger partial charge in [0.1, 0.15) is 0 Å². The maximum Gasteiger partial charge on any atom is 0.0707 e. The molecule has 0 bridgehead atoms. The largest absolute Gasteiger partial charge is 0.317 e. The molecule has 2 N–H and O–H groups in total. The Bertz CT molecular complexity index is 354. The summed E-state index contributed by atoms with van der Waals surface area (Å²) in [5.74, 6) is 0.671. The van der Waals surface area contributed by atoms with Gasteiger partial charge in [0.25, 0.3) is 0 Å². The molecular formula is C13H23N3. The fraction of sp³-hybridized carbons (Fsp3) is 0.769. The van der Waals surface area contributed by atoms with Gasteiger partial charge in [-0.2, -0.15) is 5.10 Å². The minimum Gasteiger partial charge on any atom is -0.317 e. The van der Waals surface area contributed by atoms with E-state index < -0.39 is 0 Å². The van der Waals surface area contributed by atoms with Crippen LogP contribution in [0.3, 0.4) is 0 Å². The molecule has 1 aliphatic rings.